The quantitative estimate of drug-likeness (QED) is 0.136. The molecule has 1 atom stereocenters. The molecule has 1 aliphatic carbocycles. The average molecular weight is 714 g/mol. The van der Waals surface area contributed by atoms with E-state index in [9.17, 15) is 14.7 Å². The zero-order valence-electron chi connectivity index (χ0n) is 27.8. The standard InChI is InChI=1S/C38H38Cl2N6O4/c1-38(49)16-26(17-38)42-20-25-15-34(48)46-21-23(10-13-32(46)43-25)27-5-3-6-28(35(27)39)29-7-4-8-30(36(29)40)31-12-9-22(37(45-31)50-2)18-41-19-24-11-14-33(47)44-24/h3-10,12-13,15,21,24,26,41-42,49H,11,14,16-20H2,1-2H3,(H,44,47)/t24-,26?,38?/m0/s1. The summed E-state index contributed by atoms with van der Waals surface area (Å²) in [5.41, 5.74) is 5.64. The van der Waals surface area contributed by atoms with Crippen molar-refractivity contribution >= 4 is 34.8 Å². The van der Waals surface area contributed by atoms with Crippen molar-refractivity contribution < 1.29 is 14.6 Å². The van der Waals surface area contributed by atoms with Crippen LogP contribution in [0, 0.1) is 0 Å². The van der Waals surface area contributed by atoms with Crippen LogP contribution in [0.15, 0.2) is 77.7 Å². The lowest BCUT2D eigenvalue weighted by molar-refractivity contribution is -0.119. The number of rotatable bonds is 11. The maximum Gasteiger partial charge on any atom is 0.258 e. The third kappa shape index (κ3) is 7.12. The molecule has 4 heterocycles. The van der Waals surface area contributed by atoms with E-state index >= 15 is 0 Å². The molecule has 10 nitrogen and oxygen atoms in total. The van der Waals surface area contributed by atoms with Crippen LogP contribution in [0.1, 0.15) is 43.9 Å². The number of methoxy groups -OCH3 is 1. The van der Waals surface area contributed by atoms with Gasteiger partial charge < -0.3 is 25.8 Å². The average Bonchev–Trinajstić information content (AvgIpc) is 3.51. The van der Waals surface area contributed by atoms with Crippen LogP contribution in [0.4, 0.5) is 0 Å². The van der Waals surface area contributed by atoms with Crippen LogP contribution in [0.3, 0.4) is 0 Å². The minimum atomic E-state index is -0.620. The first kappa shape index (κ1) is 34.1. The highest BCUT2D eigenvalue weighted by Crippen LogP contribution is 2.42. The number of pyridine rings is 2. The van der Waals surface area contributed by atoms with E-state index < -0.39 is 5.60 Å². The summed E-state index contributed by atoms with van der Waals surface area (Å²) in [5, 5.41) is 20.7. The molecule has 1 saturated heterocycles. The second-order valence-corrected chi connectivity index (χ2v) is 14.1. The summed E-state index contributed by atoms with van der Waals surface area (Å²) in [6, 6.07) is 21.0. The van der Waals surface area contributed by atoms with Crippen LogP contribution < -0.4 is 26.2 Å². The van der Waals surface area contributed by atoms with Gasteiger partial charge in [-0.15, -0.1) is 0 Å². The number of nitrogens with zero attached hydrogens (tertiary/aromatic N) is 3. The molecule has 0 radical (unpaired) electrons. The lowest BCUT2D eigenvalue weighted by Gasteiger charge is -2.41. The highest BCUT2D eigenvalue weighted by atomic mass is 35.5. The summed E-state index contributed by atoms with van der Waals surface area (Å²) in [6.45, 7) is 3.49. The number of nitrogens with one attached hydrogen (secondary N) is 3. The Hall–Kier alpha value is -4.32. The Balaban J connectivity index is 1.12. The monoisotopic (exact) mass is 712 g/mol. The van der Waals surface area contributed by atoms with Gasteiger partial charge in [0.05, 0.1) is 34.1 Å². The molecule has 258 valence electrons. The second-order valence-electron chi connectivity index (χ2n) is 13.3. The normalized spacial score (nSPS) is 20.1. The third-order valence-electron chi connectivity index (χ3n) is 9.45. The minimum absolute atomic E-state index is 0.0930. The summed E-state index contributed by atoms with van der Waals surface area (Å²) in [5.74, 6) is 0.583. The largest absolute Gasteiger partial charge is 0.481 e. The highest BCUT2D eigenvalue weighted by Gasteiger charge is 2.37. The first-order chi connectivity index (χ1) is 24.1. The Kier molecular flexibility index (Phi) is 9.65. The Labute approximate surface area is 299 Å². The molecule has 2 aromatic carbocycles. The van der Waals surface area contributed by atoms with Gasteiger partial charge in [-0.05, 0) is 44.4 Å². The number of halogens is 2. The summed E-state index contributed by atoms with van der Waals surface area (Å²) >= 11 is 14.2. The van der Waals surface area contributed by atoms with Crippen molar-refractivity contribution in [3.05, 3.63) is 105 Å². The van der Waals surface area contributed by atoms with Gasteiger partial charge in [0.25, 0.3) is 5.56 Å². The number of hydrogen-bond donors (Lipinski definition) is 4. The van der Waals surface area contributed by atoms with Crippen molar-refractivity contribution in [2.24, 2.45) is 0 Å². The number of carbonyl (C=O) groups is 1. The molecular formula is C38H38Cl2N6O4. The summed E-state index contributed by atoms with van der Waals surface area (Å²) in [7, 11) is 1.59. The predicted octanol–water partition coefficient (Wildman–Crippen LogP) is 5.78. The van der Waals surface area contributed by atoms with Gasteiger partial charge in [-0.2, -0.15) is 0 Å². The van der Waals surface area contributed by atoms with Crippen molar-refractivity contribution in [1.82, 2.24) is 30.3 Å². The Morgan fingerprint density at radius 1 is 0.960 bits per heavy atom. The number of fused-ring (bicyclic) bond motifs is 1. The van der Waals surface area contributed by atoms with Crippen LogP contribution >= 0.6 is 23.2 Å². The smallest absolute Gasteiger partial charge is 0.258 e. The number of aromatic nitrogens is 3. The summed E-state index contributed by atoms with van der Waals surface area (Å²) in [4.78, 5) is 34.1. The molecule has 5 aromatic rings. The fraction of sp³-hybridized carbons (Fsp3) is 0.316. The maximum atomic E-state index is 13.2. The van der Waals surface area contributed by atoms with Gasteiger partial charge in [-0.25, -0.2) is 9.97 Å². The molecule has 0 unspecified atom stereocenters. The van der Waals surface area contributed by atoms with Gasteiger partial charge in [0.15, 0.2) is 0 Å². The van der Waals surface area contributed by atoms with E-state index in [0.29, 0.717) is 71.9 Å². The zero-order chi connectivity index (χ0) is 35.0. The molecule has 50 heavy (non-hydrogen) atoms. The highest BCUT2D eigenvalue weighted by molar-refractivity contribution is 6.39. The molecule has 2 fully saturated rings. The minimum Gasteiger partial charge on any atom is -0.481 e. The van der Waals surface area contributed by atoms with Gasteiger partial charge in [0, 0.05) is 83.8 Å². The molecule has 0 spiro atoms. The Morgan fingerprint density at radius 2 is 1.68 bits per heavy atom. The fourth-order valence-electron chi connectivity index (χ4n) is 6.84. The third-order valence-corrected chi connectivity index (χ3v) is 10.3. The number of hydrogen-bond acceptors (Lipinski definition) is 8. The van der Waals surface area contributed by atoms with Crippen molar-refractivity contribution in [2.45, 2.75) is 63.4 Å². The number of aliphatic hydroxyl groups is 1. The molecule has 1 saturated carbocycles. The molecular weight excluding hydrogens is 675 g/mol. The number of benzene rings is 2. The second kappa shape index (κ2) is 14.1. The topological polar surface area (TPSA) is 130 Å². The van der Waals surface area contributed by atoms with E-state index in [2.05, 4.69) is 20.9 Å². The number of amides is 1. The van der Waals surface area contributed by atoms with Gasteiger partial charge >= 0.3 is 0 Å². The van der Waals surface area contributed by atoms with Crippen LogP contribution in [-0.4, -0.2) is 56.7 Å². The first-order valence-electron chi connectivity index (χ1n) is 16.7. The van der Waals surface area contributed by atoms with Crippen LogP contribution in [0.5, 0.6) is 5.88 Å². The van der Waals surface area contributed by atoms with Crippen molar-refractivity contribution in [3.63, 3.8) is 0 Å². The van der Waals surface area contributed by atoms with E-state index in [1.807, 2.05) is 67.6 Å². The molecule has 1 amide bonds. The van der Waals surface area contributed by atoms with Crippen LogP contribution in [-0.2, 0) is 17.9 Å². The van der Waals surface area contributed by atoms with Crippen molar-refractivity contribution in [2.75, 3.05) is 13.7 Å². The Morgan fingerprint density at radius 3 is 2.38 bits per heavy atom. The zero-order valence-corrected chi connectivity index (χ0v) is 29.3. The van der Waals surface area contributed by atoms with Gasteiger partial charge in [0.1, 0.15) is 5.65 Å². The van der Waals surface area contributed by atoms with Crippen molar-refractivity contribution in [1.29, 1.82) is 0 Å². The van der Waals surface area contributed by atoms with E-state index in [0.717, 1.165) is 39.8 Å². The summed E-state index contributed by atoms with van der Waals surface area (Å²) in [6.07, 6.45) is 4.51. The number of carbonyl (C=O) groups excluding carboxylic acids is 1. The molecule has 0 bridgehead atoms. The van der Waals surface area contributed by atoms with E-state index in [4.69, 9.17) is 32.9 Å². The van der Waals surface area contributed by atoms with Crippen LogP contribution in [0.2, 0.25) is 10.0 Å². The maximum absolute atomic E-state index is 13.2. The van der Waals surface area contributed by atoms with E-state index in [-0.39, 0.29) is 23.6 Å². The lowest BCUT2D eigenvalue weighted by Crippen LogP contribution is -2.51. The molecule has 3 aromatic heterocycles. The molecule has 7 rings (SSSR count). The van der Waals surface area contributed by atoms with E-state index in [1.165, 1.54) is 10.5 Å². The van der Waals surface area contributed by atoms with Gasteiger partial charge in [0.2, 0.25) is 11.8 Å². The summed E-state index contributed by atoms with van der Waals surface area (Å²) < 4.78 is 7.16. The fourth-order valence-corrected chi connectivity index (χ4v) is 7.50. The van der Waals surface area contributed by atoms with Gasteiger partial charge in [-0.1, -0.05) is 65.7 Å². The first-order valence-corrected chi connectivity index (χ1v) is 17.4. The molecule has 12 heteroatoms. The number of ether oxygens (including phenoxy) is 1. The molecule has 2 aliphatic rings. The Bertz CT molecular complexity index is 2140. The molecule has 4 N–H and O–H groups in total. The molecule has 1 aliphatic heterocycles. The van der Waals surface area contributed by atoms with E-state index in [1.54, 1.807) is 13.3 Å². The van der Waals surface area contributed by atoms with Crippen LogP contribution in [0.25, 0.3) is 39.2 Å². The SMILES string of the molecule is COc1nc(-c2cccc(-c3cccc(-c4ccc5nc(CNC6CC(C)(O)C6)cc(=O)n5c4)c3Cl)c2Cl)ccc1CNC[C@@H]1CCC(=O)N1. The predicted molar refractivity (Wildman–Crippen MR) is 195 cm³/mol. The van der Waals surface area contributed by atoms with Gasteiger partial charge in [-0.3, -0.25) is 14.0 Å². The van der Waals surface area contributed by atoms with Crippen molar-refractivity contribution in [3.8, 4) is 39.4 Å². The lowest BCUT2D eigenvalue weighted by atomic mass is 9.77.